The van der Waals surface area contributed by atoms with Gasteiger partial charge < -0.3 is 0 Å². The Morgan fingerprint density at radius 1 is 0.500 bits per heavy atom. The van der Waals surface area contributed by atoms with Gasteiger partial charge in [-0.1, -0.05) is 0 Å². The predicted octanol–water partition coefficient (Wildman–Crippen LogP) is 17.0. The first-order valence-corrected chi connectivity index (χ1v) is 41.4. The van der Waals surface area contributed by atoms with Crippen LogP contribution in [0.4, 0.5) is 0 Å². The third-order valence-electron chi connectivity index (χ3n) is 19.1. The summed E-state index contributed by atoms with van der Waals surface area (Å²) in [5.41, 5.74) is 20.7. The molecule has 0 spiro atoms. The van der Waals surface area contributed by atoms with Gasteiger partial charge in [0.1, 0.15) is 0 Å². The van der Waals surface area contributed by atoms with Gasteiger partial charge in [-0.25, -0.2) is 0 Å². The number of rotatable bonds is 9. The van der Waals surface area contributed by atoms with Crippen molar-refractivity contribution in [3.8, 4) is 22.3 Å². The molecule has 62 heavy (non-hydrogen) atoms. The van der Waals surface area contributed by atoms with E-state index in [1.165, 1.54) is 157 Å². The summed E-state index contributed by atoms with van der Waals surface area (Å²) in [6.07, 6.45) is 25.2. The Balaban J connectivity index is 1.07. The topological polar surface area (TPSA) is 0 Å². The second-order valence-corrected chi connectivity index (χ2v) is 66.8. The van der Waals surface area contributed by atoms with Crippen molar-refractivity contribution in [1.82, 2.24) is 0 Å². The van der Waals surface area contributed by atoms with E-state index in [2.05, 4.69) is 126 Å². The van der Waals surface area contributed by atoms with Gasteiger partial charge >= 0.3 is 386 Å². The van der Waals surface area contributed by atoms with Crippen LogP contribution in [0.15, 0.2) is 83.9 Å². The van der Waals surface area contributed by atoms with Crippen molar-refractivity contribution in [2.45, 2.75) is 138 Å². The molecular weight excluding hydrogens is 887 g/mol. The van der Waals surface area contributed by atoms with Crippen LogP contribution in [0.1, 0.15) is 142 Å². The summed E-state index contributed by atoms with van der Waals surface area (Å²) in [4.78, 5) is 0. The van der Waals surface area contributed by atoms with Crippen molar-refractivity contribution in [2.24, 2.45) is 46.3 Å². The van der Waals surface area contributed by atoms with E-state index in [-0.39, 0.29) is 7.25 Å². The molecule has 4 heteroatoms. The molecular formula is C58H69Cl2SiZr. The van der Waals surface area contributed by atoms with Crippen molar-refractivity contribution >= 4 is 35.1 Å². The van der Waals surface area contributed by atoms with E-state index in [1.54, 1.807) is 11.1 Å². The normalized spacial score (nSPS) is 34.3. The Labute approximate surface area is 382 Å². The van der Waals surface area contributed by atoms with Gasteiger partial charge in [0.15, 0.2) is 0 Å². The molecule has 2 atom stereocenters. The zero-order valence-electron chi connectivity index (χ0n) is 38.4. The van der Waals surface area contributed by atoms with E-state index >= 15 is 0 Å². The SMILES string of the molecule is Cc1cc(C)cc(-c2cccc3c2C=C(CC24CC5CC(CC(C5)C2)C4)[CH]3[Zr]([Cl])([Cl])([CH]2C(CC34CC5CC(CC(C5)C3)C4)=Cc3c(-c4cc(C)cc(C)c4)cccc32)[SiH](C)C)c1. The third kappa shape index (κ3) is 6.53. The minimum absolute atomic E-state index is 0.140. The fourth-order valence-electron chi connectivity index (χ4n) is 18.0. The van der Waals surface area contributed by atoms with Crippen molar-refractivity contribution < 1.29 is 15.6 Å². The number of fused-ring (bicyclic) bond motifs is 2. The van der Waals surface area contributed by atoms with Crippen LogP contribution < -0.4 is 0 Å². The monoisotopic (exact) mass is 953 g/mol. The predicted molar refractivity (Wildman–Crippen MR) is 265 cm³/mol. The second kappa shape index (κ2) is 14.5. The van der Waals surface area contributed by atoms with Crippen LogP contribution in [0.3, 0.4) is 0 Å². The van der Waals surface area contributed by atoms with Gasteiger partial charge in [-0.2, -0.15) is 0 Å². The van der Waals surface area contributed by atoms with Gasteiger partial charge in [-0.05, 0) is 0 Å². The molecule has 323 valence electrons. The summed E-state index contributed by atoms with van der Waals surface area (Å²) in [6.45, 7) is 14.3. The molecule has 0 radical (unpaired) electrons. The van der Waals surface area contributed by atoms with Crippen LogP contribution in [-0.2, 0) is 15.6 Å². The average molecular weight is 956 g/mol. The standard InChI is InChI=1S/2C28H31.C2H7Si.2ClH.Zr/c2*1-18-6-19(2)8-25(7-18)26-5-3-4-24-12-23(13-27(24)26)17-28-14-20-9-21(15-28)11-22(10-20)16-28;1-3-2;;;/h2*3-8,12-13,20-22H,9-11,14-17H2,1-2H3;3H,1-2H3;2*1H;/q;;;;;+2/p-2. The molecule has 14 rings (SSSR count). The Hall–Kier alpha value is -1.96. The molecule has 0 saturated heterocycles. The number of aryl methyl sites for hydroxylation is 4. The number of hydrogen-bond donors (Lipinski definition) is 0. The van der Waals surface area contributed by atoms with Crippen LogP contribution >= 0.6 is 17.0 Å². The number of hydrogen-bond acceptors (Lipinski definition) is 0. The first-order valence-electron chi connectivity index (χ1n) is 25.0. The van der Waals surface area contributed by atoms with Crippen molar-refractivity contribution in [3.05, 3.63) is 128 Å². The Kier molecular flexibility index (Phi) is 9.71. The summed E-state index contributed by atoms with van der Waals surface area (Å²) in [5.74, 6) is 3.77. The molecule has 0 heterocycles. The fraction of sp³-hybridized carbons (Fsp3) is 0.517. The summed E-state index contributed by atoms with van der Waals surface area (Å²) < 4.78 is 0.279. The number of benzene rings is 4. The number of allylic oxidation sites excluding steroid dienone is 2. The molecule has 4 aromatic rings. The maximum absolute atomic E-state index is 9.41. The Morgan fingerprint density at radius 3 is 1.13 bits per heavy atom. The first-order chi connectivity index (χ1) is 29.6. The van der Waals surface area contributed by atoms with Gasteiger partial charge in [0.25, 0.3) is 0 Å². The minimum atomic E-state index is -5.13. The quantitative estimate of drug-likeness (QED) is 0.147. The van der Waals surface area contributed by atoms with Gasteiger partial charge in [0, 0.05) is 0 Å². The van der Waals surface area contributed by atoms with Gasteiger partial charge in [-0.15, -0.1) is 0 Å². The molecule has 0 aliphatic heterocycles. The Bertz CT molecular complexity index is 2310. The van der Waals surface area contributed by atoms with Crippen LogP contribution in [0.2, 0.25) is 13.1 Å². The summed E-state index contributed by atoms with van der Waals surface area (Å²) in [6, 6.07) is 28.9. The maximum atomic E-state index is 9.41. The second-order valence-electron chi connectivity index (χ2n) is 24.2. The molecule has 8 bridgehead atoms. The molecule has 8 saturated carbocycles. The van der Waals surface area contributed by atoms with E-state index in [0.29, 0.717) is 10.8 Å². The molecule has 4 aromatic carbocycles. The van der Waals surface area contributed by atoms with Crippen molar-refractivity contribution in [3.63, 3.8) is 0 Å². The van der Waals surface area contributed by atoms with Crippen molar-refractivity contribution in [1.29, 1.82) is 0 Å². The van der Waals surface area contributed by atoms with E-state index in [0.717, 1.165) is 35.5 Å². The molecule has 0 N–H and O–H groups in total. The van der Waals surface area contributed by atoms with Gasteiger partial charge in [-0.3, -0.25) is 0 Å². The van der Waals surface area contributed by atoms with E-state index in [4.69, 9.17) is 0 Å². The molecule has 8 fully saturated rings. The molecule has 10 aliphatic carbocycles. The van der Waals surface area contributed by atoms with E-state index in [1.807, 2.05) is 0 Å². The zero-order chi connectivity index (χ0) is 42.5. The molecule has 0 amide bonds. The molecule has 0 nitrogen and oxygen atoms in total. The van der Waals surface area contributed by atoms with Crippen LogP contribution in [0, 0.1) is 74.0 Å². The number of halogens is 2. The molecule has 2 unspecified atom stereocenters. The third-order valence-corrected chi connectivity index (χ3v) is 70.9. The van der Waals surface area contributed by atoms with Crippen LogP contribution in [0.25, 0.3) is 34.4 Å². The van der Waals surface area contributed by atoms with Crippen LogP contribution in [-0.4, -0.2) is 5.92 Å². The Morgan fingerprint density at radius 2 is 0.823 bits per heavy atom. The summed E-state index contributed by atoms with van der Waals surface area (Å²) >= 11 is -5.13. The molecule has 10 aliphatic rings. The van der Waals surface area contributed by atoms with Crippen LogP contribution in [0.5, 0.6) is 0 Å². The summed E-state index contributed by atoms with van der Waals surface area (Å²) in [7, 11) is 18.8. The average Bonchev–Trinajstić information content (AvgIpc) is 3.74. The van der Waals surface area contributed by atoms with E-state index in [9.17, 15) is 17.0 Å². The zero-order valence-corrected chi connectivity index (χ0v) is 43.6. The fourth-order valence-corrected chi connectivity index (χ4v) is 49.3. The van der Waals surface area contributed by atoms with E-state index < -0.39 is 21.5 Å². The van der Waals surface area contributed by atoms with Gasteiger partial charge in [0.05, 0.1) is 0 Å². The van der Waals surface area contributed by atoms with Crippen molar-refractivity contribution in [2.75, 3.05) is 0 Å². The summed E-state index contributed by atoms with van der Waals surface area (Å²) in [5, 5.41) is 0. The molecule has 0 aromatic heterocycles. The van der Waals surface area contributed by atoms with Gasteiger partial charge in [0.2, 0.25) is 0 Å². The first kappa shape index (κ1) is 41.5.